The van der Waals surface area contributed by atoms with E-state index in [0.29, 0.717) is 12.5 Å². The molecule has 84 valence electrons. The van der Waals surface area contributed by atoms with Gasteiger partial charge in [0.05, 0.1) is 0 Å². The first kappa shape index (κ1) is 12.5. The highest BCUT2D eigenvalue weighted by Gasteiger charge is 2.21. The molecule has 1 fully saturated rings. The molecule has 0 aromatic carbocycles. The maximum Gasteiger partial charge on any atom is 0.223 e. The van der Waals surface area contributed by atoms with Gasteiger partial charge in [0.15, 0.2) is 0 Å². The van der Waals surface area contributed by atoms with Crippen molar-refractivity contribution in [3.05, 3.63) is 0 Å². The van der Waals surface area contributed by atoms with Crippen molar-refractivity contribution in [3.8, 4) is 0 Å². The molecule has 0 aromatic heterocycles. The molecular formula is C9H18BrNO2S. The van der Waals surface area contributed by atoms with E-state index in [1.807, 2.05) is 0 Å². The van der Waals surface area contributed by atoms with Gasteiger partial charge in [-0.1, -0.05) is 35.2 Å². The highest BCUT2D eigenvalue weighted by Crippen LogP contribution is 2.24. The minimum atomic E-state index is -3.05. The van der Waals surface area contributed by atoms with Gasteiger partial charge in [0.25, 0.3) is 0 Å². The number of halogens is 1. The molecule has 0 unspecified atom stereocenters. The van der Waals surface area contributed by atoms with Gasteiger partial charge in [0.1, 0.15) is 4.66 Å². The Morgan fingerprint density at radius 2 is 1.86 bits per heavy atom. The van der Waals surface area contributed by atoms with Gasteiger partial charge in [-0.15, -0.1) is 0 Å². The van der Waals surface area contributed by atoms with E-state index in [0.717, 1.165) is 0 Å². The summed E-state index contributed by atoms with van der Waals surface area (Å²) in [5.74, 6) is 0.572. The molecule has 1 aliphatic carbocycles. The molecule has 1 saturated carbocycles. The fourth-order valence-corrected chi connectivity index (χ4v) is 3.58. The van der Waals surface area contributed by atoms with Crippen LogP contribution < -0.4 is 0 Å². The van der Waals surface area contributed by atoms with Crippen LogP contribution in [0, 0.1) is 5.92 Å². The Hall–Kier alpha value is 0.390. The first-order valence-electron chi connectivity index (χ1n) is 5.06. The average molecular weight is 284 g/mol. The summed E-state index contributed by atoms with van der Waals surface area (Å²) in [7, 11) is -1.38. The van der Waals surface area contributed by atoms with Gasteiger partial charge in [-0.05, 0) is 18.8 Å². The molecule has 1 rings (SSSR count). The quantitative estimate of drug-likeness (QED) is 0.742. The van der Waals surface area contributed by atoms with Crippen LogP contribution in [0.5, 0.6) is 0 Å². The van der Waals surface area contributed by atoms with Crippen LogP contribution in [0.2, 0.25) is 0 Å². The molecule has 0 atom stereocenters. The molecule has 0 bridgehead atoms. The topological polar surface area (TPSA) is 37.4 Å². The van der Waals surface area contributed by atoms with Crippen molar-refractivity contribution in [2.24, 2.45) is 5.92 Å². The molecule has 5 heteroatoms. The Balaban J connectivity index is 2.43. The van der Waals surface area contributed by atoms with Gasteiger partial charge < -0.3 is 0 Å². The zero-order valence-electron chi connectivity index (χ0n) is 8.58. The predicted molar refractivity (Wildman–Crippen MR) is 61.9 cm³/mol. The van der Waals surface area contributed by atoms with Crippen molar-refractivity contribution < 1.29 is 8.42 Å². The van der Waals surface area contributed by atoms with Gasteiger partial charge >= 0.3 is 0 Å². The number of hydrogen-bond donors (Lipinski definition) is 0. The Morgan fingerprint density at radius 3 is 2.36 bits per heavy atom. The lowest BCUT2D eigenvalue weighted by Gasteiger charge is -2.26. The standard InChI is InChI=1S/C9H18BrNO2S/c1-11(14(12,13)8-10)7-9-5-3-2-4-6-9/h9H,2-8H2,1H3. The lowest BCUT2D eigenvalue weighted by atomic mass is 9.89. The van der Waals surface area contributed by atoms with E-state index < -0.39 is 10.0 Å². The highest BCUT2D eigenvalue weighted by molar-refractivity contribution is 9.10. The Morgan fingerprint density at radius 1 is 1.29 bits per heavy atom. The molecular weight excluding hydrogens is 266 g/mol. The summed E-state index contributed by atoms with van der Waals surface area (Å²) >= 11 is 3.01. The summed E-state index contributed by atoms with van der Waals surface area (Å²) in [5.41, 5.74) is 0. The van der Waals surface area contributed by atoms with Crippen molar-refractivity contribution in [3.63, 3.8) is 0 Å². The zero-order valence-corrected chi connectivity index (χ0v) is 11.0. The highest BCUT2D eigenvalue weighted by atomic mass is 79.9. The molecule has 3 nitrogen and oxygen atoms in total. The first-order valence-corrected chi connectivity index (χ1v) is 7.79. The van der Waals surface area contributed by atoms with Crippen molar-refractivity contribution in [1.82, 2.24) is 4.31 Å². The minimum absolute atomic E-state index is 0.0310. The van der Waals surface area contributed by atoms with Crippen LogP contribution in [-0.4, -0.2) is 31.0 Å². The van der Waals surface area contributed by atoms with Gasteiger partial charge in [-0.25, -0.2) is 12.7 Å². The van der Waals surface area contributed by atoms with Gasteiger partial charge in [-0.2, -0.15) is 0 Å². The van der Waals surface area contributed by atoms with Crippen LogP contribution in [0.4, 0.5) is 0 Å². The summed E-state index contributed by atoms with van der Waals surface area (Å²) in [5, 5.41) is 0. The van der Waals surface area contributed by atoms with Crippen LogP contribution >= 0.6 is 15.9 Å². The second-order valence-electron chi connectivity index (χ2n) is 4.01. The smallest absolute Gasteiger partial charge is 0.211 e. The SMILES string of the molecule is CN(CC1CCCCC1)S(=O)(=O)CBr. The molecule has 0 N–H and O–H groups in total. The summed E-state index contributed by atoms with van der Waals surface area (Å²) in [6, 6.07) is 0. The fraction of sp³-hybridized carbons (Fsp3) is 1.00. The van der Waals surface area contributed by atoms with Crippen LogP contribution in [0.25, 0.3) is 0 Å². The number of alkyl halides is 1. The van der Waals surface area contributed by atoms with Crippen LogP contribution in [0.15, 0.2) is 0 Å². The number of nitrogens with zero attached hydrogens (tertiary/aromatic N) is 1. The number of rotatable bonds is 4. The first-order chi connectivity index (χ1) is 6.56. The van der Waals surface area contributed by atoms with E-state index in [-0.39, 0.29) is 4.66 Å². The molecule has 14 heavy (non-hydrogen) atoms. The predicted octanol–water partition coefficient (Wildman–Crippen LogP) is 2.18. The number of hydrogen-bond acceptors (Lipinski definition) is 2. The van der Waals surface area contributed by atoms with Crippen molar-refractivity contribution in [2.45, 2.75) is 32.1 Å². The maximum absolute atomic E-state index is 11.5. The maximum atomic E-state index is 11.5. The Kier molecular flexibility index (Phi) is 4.87. The van der Waals surface area contributed by atoms with E-state index in [1.165, 1.54) is 36.4 Å². The largest absolute Gasteiger partial charge is 0.223 e. The summed E-state index contributed by atoms with van der Waals surface area (Å²) in [6.07, 6.45) is 6.19. The Labute approximate surface area is 95.0 Å². The van der Waals surface area contributed by atoms with Crippen molar-refractivity contribution >= 4 is 26.0 Å². The second kappa shape index (κ2) is 5.47. The molecule has 0 saturated heterocycles. The summed E-state index contributed by atoms with van der Waals surface area (Å²) in [4.78, 5) is 0. The summed E-state index contributed by atoms with van der Waals surface area (Å²) < 4.78 is 24.4. The lowest BCUT2D eigenvalue weighted by molar-refractivity contribution is 0.301. The molecule has 0 heterocycles. The monoisotopic (exact) mass is 283 g/mol. The molecule has 0 radical (unpaired) electrons. The third kappa shape index (κ3) is 3.51. The van der Waals surface area contributed by atoms with E-state index >= 15 is 0 Å². The van der Waals surface area contributed by atoms with E-state index in [9.17, 15) is 8.42 Å². The average Bonchev–Trinajstić information content (AvgIpc) is 2.19. The van der Waals surface area contributed by atoms with E-state index in [4.69, 9.17) is 0 Å². The van der Waals surface area contributed by atoms with Gasteiger partial charge in [0.2, 0.25) is 10.0 Å². The third-order valence-electron chi connectivity index (χ3n) is 2.85. The molecule has 0 amide bonds. The number of sulfonamides is 1. The lowest BCUT2D eigenvalue weighted by Crippen LogP contribution is -2.33. The van der Waals surface area contributed by atoms with Crippen LogP contribution in [0.3, 0.4) is 0 Å². The molecule has 0 aliphatic heterocycles. The minimum Gasteiger partial charge on any atom is -0.211 e. The Bertz CT molecular complexity index is 260. The van der Waals surface area contributed by atoms with E-state index in [2.05, 4.69) is 15.9 Å². The summed E-state index contributed by atoms with van der Waals surface area (Å²) in [6.45, 7) is 0.688. The van der Waals surface area contributed by atoms with E-state index in [1.54, 1.807) is 7.05 Å². The van der Waals surface area contributed by atoms with Crippen molar-refractivity contribution in [1.29, 1.82) is 0 Å². The fourth-order valence-electron chi connectivity index (χ4n) is 1.93. The van der Waals surface area contributed by atoms with Gasteiger partial charge in [0, 0.05) is 13.6 Å². The van der Waals surface area contributed by atoms with Crippen molar-refractivity contribution in [2.75, 3.05) is 18.3 Å². The normalized spacial score (nSPS) is 20.2. The van der Waals surface area contributed by atoms with Gasteiger partial charge in [-0.3, -0.25) is 0 Å². The molecule has 0 spiro atoms. The molecule has 1 aliphatic rings. The second-order valence-corrected chi connectivity index (χ2v) is 7.38. The third-order valence-corrected chi connectivity index (χ3v) is 5.96. The zero-order chi connectivity index (χ0) is 10.6. The molecule has 0 aromatic rings. The van der Waals surface area contributed by atoms with Crippen LogP contribution in [0.1, 0.15) is 32.1 Å². The van der Waals surface area contributed by atoms with Crippen LogP contribution in [-0.2, 0) is 10.0 Å².